The number of hydrogen-bond acceptors (Lipinski definition) is 3. The zero-order chi connectivity index (χ0) is 10.9. The van der Waals surface area contributed by atoms with Gasteiger partial charge in [0.25, 0.3) is 0 Å². The van der Waals surface area contributed by atoms with Gasteiger partial charge in [-0.3, -0.25) is 4.79 Å². The van der Waals surface area contributed by atoms with E-state index in [1.807, 2.05) is 4.94 Å². The summed E-state index contributed by atoms with van der Waals surface area (Å²) in [6.45, 7) is 0. The van der Waals surface area contributed by atoms with Gasteiger partial charge in [-0.15, -0.1) is 0 Å². The Hall–Kier alpha value is -0.774. The average molecular weight is 269 g/mol. The van der Waals surface area contributed by atoms with Gasteiger partial charge >= 0.3 is 23.9 Å². The van der Waals surface area contributed by atoms with E-state index in [-0.39, 0.29) is 16.8 Å². The van der Waals surface area contributed by atoms with Gasteiger partial charge in [-0.05, 0) is 0 Å². The summed E-state index contributed by atoms with van der Waals surface area (Å²) in [4.78, 5) is 21.2. The summed E-state index contributed by atoms with van der Waals surface area (Å²) in [6, 6.07) is 0. The molecule has 0 saturated heterocycles. The largest absolute Gasteiger partial charge is 0.457 e. The summed E-state index contributed by atoms with van der Waals surface area (Å²) in [7, 11) is 0. The van der Waals surface area contributed by atoms with Gasteiger partial charge in [-0.1, -0.05) is 0 Å². The maximum atomic E-state index is 11.9. The fraction of sp³-hybridized carbons (Fsp3) is 0.500. The number of carbonyl (C=O) groups is 2. The molecule has 0 N–H and O–H groups in total. The van der Waals surface area contributed by atoms with Crippen LogP contribution in [0.15, 0.2) is 0 Å². The van der Waals surface area contributed by atoms with Crippen LogP contribution in [0, 0.1) is 0 Å². The number of carbonyl (C=O) groups excluding carboxylic acids is 2. The van der Waals surface area contributed by atoms with Crippen LogP contribution < -0.4 is 0 Å². The Morgan fingerprint density at radius 1 is 1.00 bits per heavy atom. The molecule has 0 aromatic heterocycles. The first-order valence-electron chi connectivity index (χ1n) is 2.46. The van der Waals surface area contributed by atoms with Crippen molar-refractivity contribution in [3.8, 4) is 0 Å². The average Bonchev–Trinajstić information content (AvgIpc) is 1.99. The summed E-state index contributed by atoms with van der Waals surface area (Å²) in [5, 5.41) is 0. The second-order valence-corrected chi connectivity index (χ2v) is 1.77. The molecule has 3 nitrogen and oxygen atoms in total. The van der Waals surface area contributed by atoms with Crippen LogP contribution in [0.5, 0.6) is 0 Å². The molecular formula is C4CoF6O3. The molecular weight excluding hydrogens is 269 g/mol. The minimum Gasteiger partial charge on any atom is -0.282 e. The molecule has 0 saturated carbocycles. The summed E-state index contributed by atoms with van der Waals surface area (Å²) in [6.07, 6.45) is -5.93. The van der Waals surface area contributed by atoms with E-state index in [2.05, 4.69) is 0 Å². The van der Waals surface area contributed by atoms with Crippen LogP contribution in [0.4, 0.5) is 26.5 Å². The first kappa shape index (κ1) is 15.7. The molecule has 14 heavy (non-hydrogen) atoms. The van der Waals surface area contributed by atoms with E-state index in [1.165, 1.54) is 0 Å². The molecule has 0 aromatic rings. The maximum Gasteiger partial charge on any atom is 0.457 e. The smallest absolute Gasteiger partial charge is 0.282 e. The summed E-state index contributed by atoms with van der Waals surface area (Å²) < 4.78 is 68.5. The third kappa shape index (κ3) is 3.18. The Balaban J connectivity index is 0. The van der Waals surface area contributed by atoms with Crippen molar-refractivity contribution >= 4 is 11.8 Å². The fourth-order valence-electron chi connectivity index (χ4n) is 0.319. The van der Waals surface area contributed by atoms with Crippen LogP contribution in [0.25, 0.3) is 0 Å². The number of alkyl halides is 5. The molecule has 0 unspecified atom stereocenters. The van der Waals surface area contributed by atoms with E-state index in [0.717, 1.165) is 0 Å². The summed E-state index contributed by atoms with van der Waals surface area (Å²) in [5.41, 5.74) is 0. The van der Waals surface area contributed by atoms with E-state index in [1.54, 1.807) is 0 Å². The van der Waals surface area contributed by atoms with Crippen LogP contribution in [-0.4, -0.2) is 23.9 Å². The summed E-state index contributed by atoms with van der Waals surface area (Å²) in [5.74, 6) is -12.4. The molecule has 0 aliphatic heterocycles. The number of hydrogen-bond donors (Lipinski definition) is 0. The van der Waals surface area contributed by atoms with E-state index in [9.17, 15) is 36.1 Å². The van der Waals surface area contributed by atoms with Crippen LogP contribution in [0.1, 0.15) is 0 Å². The van der Waals surface area contributed by atoms with E-state index < -0.39 is 23.9 Å². The topological polar surface area (TPSA) is 43.4 Å². The Morgan fingerprint density at radius 3 is 1.57 bits per heavy atom. The molecule has 0 amide bonds. The first-order valence-corrected chi connectivity index (χ1v) is 2.46. The molecule has 85 valence electrons. The zero-order valence-electron chi connectivity index (χ0n) is 5.83. The maximum absolute atomic E-state index is 11.9. The zero-order valence-corrected chi connectivity index (χ0v) is 6.87. The molecule has 0 aliphatic rings. The predicted molar refractivity (Wildman–Crippen MR) is 23.2 cm³/mol. The molecule has 0 aliphatic carbocycles. The molecule has 1 radical (unpaired) electrons. The van der Waals surface area contributed by atoms with Crippen molar-refractivity contribution in [2.24, 2.45) is 0 Å². The Labute approximate surface area is 82.5 Å². The third-order valence-electron chi connectivity index (χ3n) is 0.869. The van der Waals surface area contributed by atoms with E-state index in [4.69, 9.17) is 0 Å². The Morgan fingerprint density at radius 2 is 1.36 bits per heavy atom. The van der Waals surface area contributed by atoms with Crippen LogP contribution in [-0.2, 0) is 31.3 Å². The van der Waals surface area contributed by atoms with Crippen molar-refractivity contribution < 1.29 is 57.8 Å². The third-order valence-corrected chi connectivity index (χ3v) is 0.869. The van der Waals surface area contributed by atoms with Crippen molar-refractivity contribution in [2.75, 3.05) is 0 Å². The van der Waals surface area contributed by atoms with Crippen molar-refractivity contribution in [1.29, 1.82) is 0 Å². The first-order chi connectivity index (χ1) is 5.64. The predicted octanol–water partition coefficient (Wildman–Crippen LogP) is 1.18. The molecule has 0 fully saturated rings. The normalized spacial score (nSPS) is 11.6. The minimum absolute atomic E-state index is 0. The molecule has 0 aromatic carbocycles. The van der Waals surface area contributed by atoms with Crippen molar-refractivity contribution in [1.82, 2.24) is 0 Å². The number of ketones is 1. The molecule has 0 rings (SSSR count). The molecule has 0 bridgehead atoms. The minimum atomic E-state index is -5.93. The van der Waals surface area contributed by atoms with Crippen molar-refractivity contribution in [3.05, 3.63) is 0 Å². The van der Waals surface area contributed by atoms with Crippen LogP contribution in [0.3, 0.4) is 0 Å². The van der Waals surface area contributed by atoms with Gasteiger partial charge in [-0.2, -0.15) is 22.0 Å². The van der Waals surface area contributed by atoms with Gasteiger partial charge in [0.15, 0.2) is 0 Å². The number of rotatable bonds is 2. The van der Waals surface area contributed by atoms with Gasteiger partial charge in [0.05, 0.1) is 0 Å². The van der Waals surface area contributed by atoms with Gasteiger partial charge in [0.2, 0.25) is 0 Å². The quantitative estimate of drug-likeness (QED) is 0.558. The second-order valence-electron chi connectivity index (χ2n) is 1.77. The van der Waals surface area contributed by atoms with Crippen LogP contribution >= 0.6 is 0 Å². The second kappa shape index (κ2) is 4.64. The standard InChI is InChI=1S/C4F6O3.Co/c5-3(6,2(12)13-10)1(11)4(7,8)9;. The van der Waals surface area contributed by atoms with E-state index >= 15 is 0 Å². The molecule has 10 heteroatoms. The Kier molecular flexibility index (Phi) is 5.20. The molecule has 0 spiro atoms. The Bertz CT molecular complexity index is 236. The van der Waals surface area contributed by atoms with Gasteiger partial charge in [0, 0.05) is 21.3 Å². The monoisotopic (exact) mass is 269 g/mol. The van der Waals surface area contributed by atoms with E-state index in [0.29, 0.717) is 0 Å². The fourth-order valence-corrected chi connectivity index (χ4v) is 0.319. The van der Waals surface area contributed by atoms with Crippen molar-refractivity contribution in [3.63, 3.8) is 0 Å². The van der Waals surface area contributed by atoms with Gasteiger partial charge in [0.1, 0.15) is 0 Å². The van der Waals surface area contributed by atoms with Gasteiger partial charge < -0.3 is 0 Å². The van der Waals surface area contributed by atoms with Gasteiger partial charge in [-0.25, -0.2) is 9.74 Å². The number of halogens is 6. The number of Topliss-reactive ketones (excluding diaryl/α,β-unsaturated/α-hetero) is 1. The van der Waals surface area contributed by atoms with Crippen molar-refractivity contribution in [2.45, 2.75) is 12.1 Å². The SMILES string of the molecule is O=C(OF)C(F)(F)C(=O)C(F)(F)F.[Co]. The molecule has 0 heterocycles. The van der Waals surface area contributed by atoms with Crippen LogP contribution in [0.2, 0.25) is 0 Å². The molecule has 0 atom stereocenters. The summed E-state index contributed by atoms with van der Waals surface area (Å²) >= 11 is 0.